The molecule has 26 heavy (non-hydrogen) atoms. The normalized spacial score (nSPS) is 10.4. The van der Waals surface area contributed by atoms with Gasteiger partial charge in [-0.05, 0) is 37.1 Å². The lowest BCUT2D eigenvalue weighted by atomic mass is 10.1. The van der Waals surface area contributed by atoms with E-state index in [-0.39, 0.29) is 18.1 Å². The first-order chi connectivity index (χ1) is 12.5. The third-order valence-electron chi connectivity index (χ3n) is 3.94. The third kappa shape index (κ3) is 4.22. The van der Waals surface area contributed by atoms with E-state index >= 15 is 0 Å². The van der Waals surface area contributed by atoms with E-state index in [0.29, 0.717) is 11.4 Å². The summed E-state index contributed by atoms with van der Waals surface area (Å²) < 4.78 is 13.6. The Morgan fingerprint density at radius 3 is 2.62 bits per heavy atom. The second-order valence-corrected chi connectivity index (χ2v) is 6.00. The van der Waals surface area contributed by atoms with Gasteiger partial charge < -0.3 is 10.6 Å². The minimum absolute atomic E-state index is 0.0929. The van der Waals surface area contributed by atoms with Gasteiger partial charge in [0.1, 0.15) is 17.3 Å². The van der Waals surface area contributed by atoms with Crippen molar-refractivity contribution in [2.45, 2.75) is 20.4 Å². The van der Waals surface area contributed by atoms with Crippen molar-refractivity contribution in [1.82, 2.24) is 15.3 Å². The molecule has 0 atom stereocenters. The average molecular weight is 350 g/mol. The van der Waals surface area contributed by atoms with Gasteiger partial charge in [0.15, 0.2) is 0 Å². The summed E-state index contributed by atoms with van der Waals surface area (Å²) in [4.78, 5) is 20.5. The highest BCUT2D eigenvalue weighted by atomic mass is 19.1. The van der Waals surface area contributed by atoms with E-state index in [2.05, 4.69) is 20.6 Å². The molecule has 1 heterocycles. The topological polar surface area (TPSA) is 66.9 Å². The van der Waals surface area contributed by atoms with Crippen molar-refractivity contribution in [1.29, 1.82) is 0 Å². The molecule has 1 aromatic heterocycles. The number of hydrogen-bond donors (Lipinski definition) is 2. The quantitative estimate of drug-likeness (QED) is 0.732. The zero-order chi connectivity index (χ0) is 18.5. The molecular weight excluding hydrogens is 331 g/mol. The van der Waals surface area contributed by atoms with Crippen LogP contribution in [0, 0.1) is 19.7 Å². The first kappa shape index (κ1) is 17.5. The molecule has 2 N–H and O–H groups in total. The number of anilines is 2. The summed E-state index contributed by atoms with van der Waals surface area (Å²) in [6, 6.07) is 12.4. The number of amides is 1. The third-order valence-corrected chi connectivity index (χ3v) is 3.94. The number of nitrogens with one attached hydrogen (secondary N) is 2. The molecule has 3 aromatic rings. The van der Waals surface area contributed by atoms with Crippen LogP contribution in [0.25, 0.3) is 0 Å². The van der Waals surface area contributed by atoms with Gasteiger partial charge in [-0.1, -0.05) is 30.3 Å². The Bertz CT molecular complexity index is 925. The second-order valence-electron chi connectivity index (χ2n) is 6.00. The number of rotatable bonds is 5. The van der Waals surface area contributed by atoms with E-state index in [1.807, 2.05) is 32.0 Å². The van der Waals surface area contributed by atoms with Crippen LogP contribution in [0.5, 0.6) is 0 Å². The van der Waals surface area contributed by atoms with Crippen LogP contribution in [0.15, 0.2) is 54.9 Å². The summed E-state index contributed by atoms with van der Waals surface area (Å²) >= 11 is 0. The molecule has 0 unspecified atom stereocenters. The van der Waals surface area contributed by atoms with Gasteiger partial charge in [-0.2, -0.15) is 0 Å². The van der Waals surface area contributed by atoms with Gasteiger partial charge in [0.2, 0.25) is 0 Å². The van der Waals surface area contributed by atoms with Gasteiger partial charge in [0.05, 0.1) is 12.4 Å². The molecule has 132 valence electrons. The highest BCUT2D eigenvalue weighted by Gasteiger charge is 2.10. The van der Waals surface area contributed by atoms with Gasteiger partial charge in [0, 0.05) is 17.8 Å². The Morgan fingerprint density at radius 1 is 1.08 bits per heavy atom. The molecule has 0 fully saturated rings. The molecular formula is C20H19FN4O. The maximum absolute atomic E-state index is 13.6. The maximum atomic E-state index is 13.6. The summed E-state index contributed by atoms with van der Waals surface area (Å²) in [5.74, 6) is -0.213. The molecule has 3 rings (SSSR count). The highest BCUT2D eigenvalue weighted by Crippen LogP contribution is 2.20. The van der Waals surface area contributed by atoms with Gasteiger partial charge in [-0.15, -0.1) is 0 Å². The molecule has 0 bridgehead atoms. The fraction of sp³-hybridized carbons (Fsp3) is 0.150. The van der Waals surface area contributed by atoms with E-state index in [1.165, 1.54) is 18.5 Å². The van der Waals surface area contributed by atoms with E-state index in [0.717, 1.165) is 16.8 Å². The van der Waals surface area contributed by atoms with Gasteiger partial charge in [0.25, 0.3) is 5.91 Å². The standard InChI is InChI=1S/C20H19FN4O/c1-13-7-8-14(2)17(9-13)25-19-12-22-18(11-23-19)20(26)24-10-15-5-3-4-6-16(15)21/h3-9,11-12H,10H2,1-2H3,(H,23,25)(H,24,26). The van der Waals surface area contributed by atoms with Crippen LogP contribution in [0.2, 0.25) is 0 Å². The Hall–Kier alpha value is -3.28. The highest BCUT2D eigenvalue weighted by molar-refractivity contribution is 5.92. The number of nitrogens with zero attached hydrogens (tertiary/aromatic N) is 2. The van der Waals surface area contributed by atoms with Crippen LogP contribution >= 0.6 is 0 Å². The summed E-state index contributed by atoms with van der Waals surface area (Å²) in [6.07, 6.45) is 2.89. The lowest BCUT2D eigenvalue weighted by Crippen LogP contribution is -2.24. The lowest BCUT2D eigenvalue weighted by Gasteiger charge is -2.10. The van der Waals surface area contributed by atoms with Gasteiger partial charge in [-0.25, -0.2) is 14.4 Å². The Kier molecular flexibility index (Phi) is 5.22. The predicted molar refractivity (Wildman–Crippen MR) is 98.8 cm³/mol. The number of hydrogen-bond acceptors (Lipinski definition) is 4. The summed E-state index contributed by atoms with van der Waals surface area (Å²) in [5, 5.41) is 5.83. The predicted octanol–water partition coefficient (Wildman–Crippen LogP) is 3.91. The minimum atomic E-state index is -0.404. The molecule has 1 amide bonds. The molecule has 0 radical (unpaired) electrons. The van der Waals surface area contributed by atoms with Crippen molar-refractivity contribution in [2.24, 2.45) is 0 Å². The first-order valence-electron chi connectivity index (χ1n) is 8.21. The number of aryl methyl sites for hydroxylation is 2. The Balaban J connectivity index is 1.64. The van der Waals surface area contributed by atoms with Crippen molar-refractivity contribution in [3.8, 4) is 0 Å². The van der Waals surface area contributed by atoms with Crippen molar-refractivity contribution < 1.29 is 9.18 Å². The van der Waals surface area contributed by atoms with Crippen LogP contribution in [0.4, 0.5) is 15.9 Å². The number of halogens is 1. The molecule has 5 nitrogen and oxygen atoms in total. The number of benzene rings is 2. The van der Waals surface area contributed by atoms with Crippen molar-refractivity contribution in [2.75, 3.05) is 5.32 Å². The van der Waals surface area contributed by atoms with E-state index in [4.69, 9.17) is 0 Å². The van der Waals surface area contributed by atoms with E-state index in [9.17, 15) is 9.18 Å². The SMILES string of the molecule is Cc1ccc(C)c(Nc2cnc(C(=O)NCc3ccccc3F)cn2)c1. The Morgan fingerprint density at radius 2 is 1.88 bits per heavy atom. The smallest absolute Gasteiger partial charge is 0.271 e. The molecule has 0 aliphatic rings. The molecule has 0 aliphatic carbocycles. The van der Waals surface area contributed by atoms with E-state index < -0.39 is 5.91 Å². The summed E-state index contributed by atoms with van der Waals surface area (Å²) in [7, 11) is 0. The molecule has 0 saturated carbocycles. The first-order valence-corrected chi connectivity index (χ1v) is 8.21. The monoisotopic (exact) mass is 350 g/mol. The molecule has 0 spiro atoms. The molecule has 0 saturated heterocycles. The largest absolute Gasteiger partial charge is 0.346 e. The van der Waals surface area contributed by atoms with Crippen LogP contribution in [-0.2, 0) is 6.54 Å². The molecule has 0 aliphatic heterocycles. The average Bonchev–Trinajstić information content (AvgIpc) is 2.64. The zero-order valence-electron chi connectivity index (χ0n) is 14.6. The number of aromatic nitrogens is 2. The maximum Gasteiger partial charge on any atom is 0.271 e. The summed E-state index contributed by atoms with van der Waals surface area (Å²) in [6.45, 7) is 4.11. The van der Waals surface area contributed by atoms with Crippen LogP contribution in [-0.4, -0.2) is 15.9 Å². The fourth-order valence-electron chi connectivity index (χ4n) is 2.43. The van der Waals surface area contributed by atoms with Crippen molar-refractivity contribution in [3.05, 3.63) is 83.1 Å². The molecule has 6 heteroatoms. The second kappa shape index (κ2) is 7.74. The zero-order valence-corrected chi connectivity index (χ0v) is 14.6. The molecule has 2 aromatic carbocycles. The van der Waals surface area contributed by atoms with E-state index in [1.54, 1.807) is 18.2 Å². The van der Waals surface area contributed by atoms with Crippen molar-refractivity contribution in [3.63, 3.8) is 0 Å². The van der Waals surface area contributed by atoms with Crippen LogP contribution in [0.3, 0.4) is 0 Å². The number of carbonyl (C=O) groups is 1. The van der Waals surface area contributed by atoms with Crippen molar-refractivity contribution >= 4 is 17.4 Å². The fourth-order valence-corrected chi connectivity index (χ4v) is 2.43. The number of carbonyl (C=O) groups excluding carboxylic acids is 1. The van der Waals surface area contributed by atoms with Crippen LogP contribution < -0.4 is 10.6 Å². The summed E-state index contributed by atoms with van der Waals surface area (Å²) in [5.41, 5.74) is 3.75. The van der Waals surface area contributed by atoms with Gasteiger partial charge in [-0.3, -0.25) is 4.79 Å². The van der Waals surface area contributed by atoms with Crippen LogP contribution in [0.1, 0.15) is 27.2 Å². The Labute approximate surface area is 151 Å². The van der Waals surface area contributed by atoms with Gasteiger partial charge >= 0.3 is 0 Å². The lowest BCUT2D eigenvalue weighted by molar-refractivity contribution is 0.0945. The minimum Gasteiger partial charge on any atom is -0.346 e.